The number of nitrogens with one attached hydrogen (secondary N) is 1. The molecular weight excluding hydrogens is 278 g/mol. The summed E-state index contributed by atoms with van der Waals surface area (Å²) in [6, 6.07) is 10.1. The molecule has 0 radical (unpaired) electrons. The SMILES string of the molecule is CC(C)C(CCBr)NC(=O)Cc1ccccc1. The van der Waals surface area contributed by atoms with Crippen molar-refractivity contribution in [2.45, 2.75) is 32.7 Å². The van der Waals surface area contributed by atoms with Crippen LogP contribution in [-0.4, -0.2) is 17.3 Å². The maximum absolute atomic E-state index is 11.9. The van der Waals surface area contributed by atoms with Crippen LogP contribution in [0.3, 0.4) is 0 Å². The average Bonchev–Trinajstić information content (AvgIpc) is 2.29. The Kier molecular flexibility index (Phi) is 6.27. The molecule has 1 N–H and O–H groups in total. The van der Waals surface area contributed by atoms with Gasteiger partial charge in [0.05, 0.1) is 6.42 Å². The van der Waals surface area contributed by atoms with E-state index in [0.29, 0.717) is 12.3 Å². The van der Waals surface area contributed by atoms with Crippen LogP contribution >= 0.6 is 15.9 Å². The quantitative estimate of drug-likeness (QED) is 0.803. The fraction of sp³-hybridized carbons (Fsp3) is 0.500. The van der Waals surface area contributed by atoms with E-state index in [2.05, 4.69) is 35.1 Å². The molecule has 17 heavy (non-hydrogen) atoms. The minimum absolute atomic E-state index is 0.107. The molecule has 3 heteroatoms. The summed E-state index contributed by atoms with van der Waals surface area (Å²) in [6.45, 7) is 4.27. The van der Waals surface area contributed by atoms with Gasteiger partial charge in [0.2, 0.25) is 5.91 Å². The van der Waals surface area contributed by atoms with Crippen molar-refractivity contribution in [3.8, 4) is 0 Å². The molecule has 0 aromatic heterocycles. The molecule has 1 unspecified atom stereocenters. The van der Waals surface area contributed by atoms with E-state index in [0.717, 1.165) is 17.3 Å². The molecule has 1 aromatic carbocycles. The number of alkyl halides is 1. The lowest BCUT2D eigenvalue weighted by Gasteiger charge is -2.21. The van der Waals surface area contributed by atoms with Crippen molar-refractivity contribution in [3.63, 3.8) is 0 Å². The highest BCUT2D eigenvalue weighted by atomic mass is 79.9. The topological polar surface area (TPSA) is 29.1 Å². The predicted octanol–water partition coefficient (Wildman–Crippen LogP) is 3.15. The molecule has 0 aliphatic heterocycles. The standard InChI is InChI=1S/C14H20BrNO/c1-11(2)13(8-9-15)16-14(17)10-12-6-4-3-5-7-12/h3-7,11,13H,8-10H2,1-2H3,(H,16,17). The zero-order chi connectivity index (χ0) is 12.7. The predicted molar refractivity (Wildman–Crippen MR) is 75.3 cm³/mol. The smallest absolute Gasteiger partial charge is 0.224 e. The maximum Gasteiger partial charge on any atom is 0.224 e. The van der Waals surface area contributed by atoms with Gasteiger partial charge in [0.15, 0.2) is 0 Å². The Balaban J connectivity index is 2.48. The summed E-state index contributed by atoms with van der Waals surface area (Å²) in [4.78, 5) is 11.9. The highest BCUT2D eigenvalue weighted by Crippen LogP contribution is 2.08. The number of rotatable bonds is 6. The van der Waals surface area contributed by atoms with Crippen molar-refractivity contribution >= 4 is 21.8 Å². The second-order valence-electron chi connectivity index (χ2n) is 4.56. The van der Waals surface area contributed by atoms with Crippen LogP contribution < -0.4 is 5.32 Å². The van der Waals surface area contributed by atoms with E-state index in [1.807, 2.05) is 30.3 Å². The molecular formula is C14H20BrNO. The van der Waals surface area contributed by atoms with Gasteiger partial charge in [-0.05, 0) is 17.9 Å². The van der Waals surface area contributed by atoms with Gasteiger partial charge in [-0.1, -0.05) is 60.1 Å². The molecule has 0 bridgehead atoms. The van der Waals surface area contributed by atoms with Gasteiger partial charge in [0.25, 0.3) is 0 Å². The summed E-state index contributed by atoms with van der Waals surface area (Å²) in [7, 11) is 0. The summed E-state index contributed by atoms with van der Waals surface area (Å²) in [5, 5.41) is 4.02. The molecule has 0 spiro atoms. The molecule has 1 amide bonds. The summed E-state index contributed by atoms with van der Waals surface area (Å²) in [5.74, 6) is 0.572. The van der Waals surface area contributed by atoms with Crippen molar-refractivity contribution in [1.82, 2.24) is 5.32 Å². The lowest BCUT2D eigenvalue weighted by atomic mass is 10.0. The molecule has 0 fully saturated rings. The summed E-state index contributed by atoms with van der Waals surface area (Å²) in [6.07, 6.45) is 1.44. The molecule has 0 saturated heterocycles. The summed E-state index contributed by atoms with van der Waals surface area (Å²) in [5.41, 5.74) is 1.06. The fourth-order valence-corrected chi connectivity index (χ4v) is 2.22. The van der Waals surface area contributed by atoms with Crippen molar-refractivity contribution in [2.75, 3.05) is 5.33 Å². The van der Waals surface area contributed by atoms with Crippen molar-refractivity contribution < 1.29 is 4.79 Å². The molecule has 0 heterocycles. The van der Waals surface area contributed by atoms with Crippen LogP contribution in [-0.2, 0) is 11.2 Å². The lowest BCUT2D eigenvalue weighted by Crippen LogP contribution is -2.39. The Hall–Kier alpha value is -0.830. The van der Waals surface area contributed by atoms with Crippen molar-refractivity contribution in [3.05, 3.63) is 35.9 Å². The van der Waals surface area contributed by atoms with E-state index in [4.69, 9.17) is 0 Å². The number of carbonyl (C=O) groups is 1. The number of hydrogen-bond acceptors (Lipinski definition) is 1. The van der Waals surface area contributed by atoms with Gasteiger partial charge in [-0.25, -0.2) is 0 Å². The number of halogens is 1. The molecule has 2 nitrogen and oxygen atoms in total. The van der Waals surface area contributed by atoms with Gasteiger partial charge >= 0.3 is 0 Å². The number of benzene rings is 1. The van der Waals surface area contributed by atoms with Crippen LogP contribution in [0, 0.1) is 5.92 Å². The van der Waals surface area contributed by atoms with Crippen molar-refractivity contribution in [1.29, 1.82) is 0 Å². The Bertz CT molecular complexity index is 337. The molecule has 0 saturated carbocycles. The third-order valence-electron chi connectivity index (χ3n) is 2.78. The normalized spacial score (nSPS) is 12.5. The third kappa shape index (κ3) is 5.35. The van der Waals surface area contributed by atoms with E-state index >= 15 is 0 Å². The molecule has 1 atom stereocenters. The number of amides is 1. The van der Waals surface area contributed by atoms with E-state index in [1.165, 1.54) is 0 Å². The maximum atomic E-state index is 11.9. The van der Waals surface area contributed by atoms with Crippen molar-refractivity contribution in [2.24, 2.45) is 5.92 Å². The number of carbonyl (C=O) groups excluding carboxylic acids is 1. The second kappa shape index (κ2) is 7.49. The van der Waals surface area contributed by atoms with Gasteiger partial charge in [-0.15, -0.1) is 0 Å². The Labute approximate surface area is 112 Å². The highest BCUT2D eigenvalue weighted by Gasteiger charge is 2.15. The Morgan fingerprint density at radius 3 is 2.47 bits per heavy atom. The van der Waals surface area contributed by atoms with Gasteiger partial charge in [0, 0.05) is 11.4 Å². The van der Waals surface area contributed by atoms with Crippen LogP contribution in [0.1, 0.15) is 25.8 Å². The molecule has 1 aromatic rings. The largest absolute Gasteiger partial charge is 0.353 e. The van der Waals surface area contributed by atoms with E-state index < -0.39 is 0 Å². The Morgan fingerprint density at radius 2 is 1.94 bits per heavy atom. The second-order valence-corrected chi connectivity index (χ2v) is 5.35. The lowest BCUT2D eigenvalue weighted by molar-refractivity contribution is -0.121. The van der Waals surface area contributed by atoms with Crippen LogP contribution in [0.25, 0.3) is 0 Å². The first-order chi connectivity index (χ1) is 8.13. The molecule has 1 rings (SSSR count). The van der Waals surface area contributed by atoms with Gasteiger partial charge in [-0.3, -0.25) is 4.79 Å². The molecule has 0 aliphatic rings. The van der Waals surface area contributed by atoms with Gasteiger partial charge in [0.1, 0.15) is 0 Å². The number of hydrogen-bond donors (Lipinski definition) is 1. The zero-order valence-corrected chi connectivity index (χ0v) is 12.0. The fourth-order valence-electron chi connectivity index (χ4n) is 1.73. The zero-order valence-electron chi connectivity index (χ0n) is 10.4. The third-order valence-corrected chi connectivity index (χ3v) is 3.24. The monoisotopic (exact) mass is 297 g/mol. The summed E-state index contributed by atoms with van der Waals surface area (Å²) < 4.78 is 0. The van der Waals surface area contributed by atoms with E-state index in [1.54, 1.807) is 0 Å². The van der Waals surface area contributed by atoms with Crippen LogP contribution in [0.2, 0.25) is 0 Å². The first-order valence-corrected chi connectivity index (χ1v) is 7.15. The van der Waals surface area contributed by atoms with E-state index in [-0.39, 0.29) is 11.9 Å². The minimum atomic E-state index is 0.107. The minimum Gasteiger partial charge on any atom is -0.353 e. The summed E-state index contributed by atoms with van der Waals surface area (Å²) >= 11 is 3.42. The van der Waals surface area contributed by atoms with Gasteiger partial charge in [-0.2, -0.15) is 0 Å². The highest BCUT2D eigenvalue weighted by molar-refractivity contribution is 9.09. The molecule has 94 valence electrons. The van der Waals surface area contributed by atoms with E-state index in [9.17, 15) is 4.79 Å². The first-order valence-electron chi connectivity index (χ1n) is 6.02. The molecule has 0 aliphatic carbocycles. The van der Waals surface area contributed by atoms with Crippen LogP contribution in [0.5, 0.6) is 0 Å². The Morgan fingerprint density at radius 1 is 1.29 bits per heavy atom. The van der Waals surface area contributed by atoms with Gasteiger partial charge < -0.3 is 5.32 Å². The first kappa shape index (κ1) is 14.2. The average molecular weight is 298 g/mol. The van der Waals surface area contributed by atoms with Crippen LogP contribution in [0.4, 0.5) is 0 Å². The van der Waals surface area contributed by atoms with Crippen LogP contribution in [0.15, 0.2) is 30.3 Å².